The number of carbonyl (C=O) groups is 4. The molecule has 2 aromatic carbocycles. The van der Waals surface area contributed by atoms with Crippen LogP contribution in [-0.4, -0.2) is 53.7 Å². The molecule has 0 aromatic heterocycles. The molecule has 0 saturated heterocycles. The molecule has 3 atom stereocenters. The van der Waals surface area contributed by atoms with E-state index in [2.05, 4.69) is 10.6 Å². The zero-order chi connectivity index (χ0) is 29.8. The summed E-state index contributed by atoms with van der Waals surface area (Å²) in [5.41, 5.74) is 1.10. The van der Waals surface area contributed by atoms with Crippen LogP contribution in [0.2, 0.25) is 0 Å². The van der Waals surface area contributed by atoms with Gasteiger partial charge in [0.1, 0.15) is 13.2 Å². The highest BCUT2D eigenvalue weighted by Gasteiger charge is 2.36. The largest absolute Gasteiger partial charge is 0.463 e. The van der Waals surface area contributed by atoms with Crippen LogP contribution in [-0.2, 0) is 41.7 Å². The summed E-state index contributed by atoms with van der Waals surface area (Å²) in [6.45, 7) is -0.548. The first-order valence-corrected chi connectivity index (χ1v) is 14.7. The lowest BCUT2D eigenvalue weighted by atomic mass is 9.93. The lowest BCUT2D eigenvalue weighted by Gasteiger charge is -2.29. The summed E-state index contributed by atoms with van der Waals surface area (Å²) >= 11 is 0. The average Bonchev–Trinajstić information content (AvgIpc) is 3.47. The zero-order valence-electron chi connectivity index (χ0n) is 23.8. The predicted molar refractivity (Wildman–Crippen MR) is 156 cm³/mol. The Balaban J connectivity index is 1.50. The number of aliphatic hydroxyl groups is 1. The summed E-state index contributed by atoms with van der Waals surface area (Å²) in [6.07, 6.45) is 7.81. The fraction of sp³-hybridized carbons (Fsp3) is 0.455. The Morgan fingerprint density at radius 2 is 1.55 bits per heavy atom. The van der Waals surface area contributed by atoms with Gasteiger partial charge in [0.25, 0.3) is 0 Å². The van der Waals surface area contributed by atoms with Crippen LogP contribution in [0.25, 0.3) is 0 Å². The highest BCUT2D eigenvalue weighted by Crippen LogP contribution is 2.29. The Bertz CT molecular complexity index is 1230. The van der Waals surface area contributed by atoms with E-state index in [0.29, 0.717) is 25.7 Å². The van der Waals surface area contributed by atoms with Crippen LogP contribution < -0.4 is 10.6 Å². The standard InChI is InChI=1S/C33H40N2O7/c36-23-33(17-9-10-18-33)35-29(37)20-26-15-7-8-16-27(19-24-11-3-1-4-12-24)31(39)42-22-28(34-30(26)38)32(40)41-21-25-13-5-2-6-14-25/h1-8,11-14,26-28,36H,9-10,15-23H2,(H,34,38)(H,35,37)/t26-,27-,28-/m1/s1. The van der Waals surface area contributed by atoms with Crippen molar-refractivity contribution in [2.24, 2.45) is 11.8 Å². The van der Waals surface area contributed by atoms with Gasteiger partial charge in [-0.1, -0.05) is 85.7 Å². The fourth-order valence-electron chi connectivity index (χ4n) is 5.48. The summed E-state index contributed by atoms with van der Waals surface area (Å²) in [5.74, 6) is -3.32. The number of benzene rings is 2. The highest BCUT2D eigenvalue weighted by molar-refractivity contribution is 5.89. The predicted octanol–water partition coefficient (Wildman–Crippen LogP) is 3.39. The Morgan fingerprint density at radius 1 is 0.929 bits per heavy atom. The minimum absolute atomic E-state index is 0.00552. The van der Waals surface area contributed by atoms with Crippen molar-refractivity contribution in [3.63, 3.8) is 0 Å². The van der Waals surface area contributed by atoms with Gasteiger partial charge in [-0.25, -0.2) is 4.79 Å². The first kappa shape index (κ1) is 31.0. The lowest BCUT2D eigenvalue weighted by Crippen LogP contribution is -2.51. The molecule has 2 aromatic rings. The molecular weight excluding hydrogens is 536 g/mol. The molecule has 0 radical (unpaired) electrons. The van der Waals surface area contributed by atoms with E-state index in [9.17, 15) is 24.3 Å². The monoisotopic (exact) mass is 576 g/mol. The molecule has 1 heterocycles. The van der Waals surface area contributed by atoms with Crippen molar-refractivity contribution in [2.75, 3.05) is 13.2 Å². The van der Waals surface area contributed by atoms with Gasteiger partial charge >= 0.3 is 11.9 Å². The summed E-state index contributed by atoms with van der Waals surface area (Å²) < 4.78 is 11.0. The molecule has 0 spiro atoms. The Labute approximate surface area is 246 Å². The van der Waals surface area contributed by atoms with Crippen molar-refractivity contribution in [2.45, 2.75) is 69.6 Å². The minimum atomic E-state index is -1.24. The lowest BCUT2D eigenvalue weighted by molar-refractivity contribution is -0.157. The number of ether oxygens (including phenoxy) is 2. The van der Waals surface area contributed by atoms with E-state index in [4.69, 9.17) is 9.47 Å². The molecule has 9 nitrogen and oxygen atoms in total. The number of amides is 2. The molecule has 1 aliphatic carbocycles. The van der Waals surface area contributed by atoms with Gasteiger partial charge in [0, 0.05) is 6.42 Å². The van der Waals surface area contributed by atoms with E-state index in [-0.39, 0.29) is 38.6 Å². The van der Waals surface area contributed by atoms with Gasteiger partial charge in [-0.2, -0.15) is 0 Å². The van der Waals surface area contributed by atoms with E-state index in [0.717, 1.165) is 24.0 Å². The topological polar surface area (TPSA) is 131 Å². The van der Waals surface area contributed by atoms with Crippen LogP contribution in [0.4, 0.5) is 0 Å². The maximum Gasteiger partial charge on any atom is 0.332 e. The van der Waals surface area contributed by atoms with Gasteiger partial charge in [0.05, 0.1) is 24.0 Å². The van der Waals surface area contributed by atoms with Crippen molar-refractivity contribution in [3.8, 4) is 0 Å². The number of nitrogens with one attached hydrogen (secondary N) is 2. The van der Waals surface area contributed by atoms with E-state index < -0.39 is 41.3 Å². The summed E-state index contributed by atoms with van der Waals surface area (Å²) in [6, 6.07) is 17.5. The zero-order valence-corrected chi connectivity index (χ0v) is 23.8. The van der Waals surface area contributed by atoms with Crippen molar-refractivity contribution < 1.29 is 33.8 Å². The summed E-state index contributed by atoms with van der Waals surface area (Å²) in [7, 11) is 0. The number of carbonyl (C=O) groups excluding carboxylic acids is 4. The quantitative estimate of drug-likeness (QED) is 0.308. The molecule has 224 valence electrons. The van der Waals surface area contributed by atoms with Crippen molar-refractivity contribution >= 4 is 23.8 Å². The third-order valence-electron chi connectivity index (χ3n) is 7.95. The second-order valence-corrected chi connectivity index (χ2v) is 11.2. The summed E-state index contributed by atoms with van der Waals surface area (Å²) in [5, 5.41) is 15.5. The molecule has 4 rings (SSSR count). The van der Waals surface area contributed by atoms with Gasteiger partial charge in [0.15, 0.2) is 6.04 Å². The van der Waals surface area contributed by atoms with E-state index >= 15 is 0 Å². The summed E-state index contributed by atoms with van der Waals surface area (Å²) in [4.78, 5) is 52.6. The number of aliphatic hydroxyl groups excluding tert-OH is 1. The van der Waals surface area contributed by atoms with Crippen LogP contribution in [0.5, 0.6) is 0 Å². The van der Waals surface area contributed by atoms with Crippen molar-refractivity contribution in [3.05, 3.63) is 83.9 Å². The van der Waals surface area contributed by atoms with Crippen LogP contribution in [0.15, 0.2) is 72.8 Å². The first-order valence-electron chi connectivity index (χ1n) is 14.7. The van der Waals surface area contributed by atoms with Gasteiger partial charge in [-0.15, -0.1) is 0 Å². The SMILES string of the molecule is O=C(C[C@H]1CC=CC[C@H](Cc2ccccc2)C(=O)OC[C@H](C(=O)OCc2ccccc2)NC1=O)NC1(CO)CCCC1. The Morgan fingerprint density at radius 3 is 2.19 bits per heavy atom. The minimum Gasteiger partial charge on any atom is -0.463 e. The maximum atomic E-state index is 13.4. The average molecular weight is 577 g/mol. The normalized spacial score (nSPS) is 22.6. The number of hydrogen-bond acceptors (Lipinski definition) is 7. The second-order valence-electron chi connectivity index (χ2n) is 11.2. The Hall–Kier alpha value is -3.98. The van der Waals surface area contributed by atoms with Crippen molar-refractivity contribution in [1.29, 1.82) is 0 Å². The molecule has 1 aliphatic heterocycles. The second kappa shape index (κ2) is 15.3. The van der Waals surface area contributed by atoms with Gasteiger partial charge < -0.3 is 25.2 Å². The number of esters is 2. The number of allylic oxidation sites excluding steroid dienone is 2. The van der Waals surface area contributed by atoms with E-state index in [1.54, 1.807) is 6.08 Å². The molecule has 3 N–H and O–H groups in total. The van der Waals surface area contributed by atoms with Gasteiger partial charge in [-0.05, 0) is 43.2 Å². The fourth-order valence-corrected chi connectivity index (χ4v) is 5.48. The Kier molecular flexibility index (Phi) is 11.3. The third-order valence-corrected chi connectivity index (χ3v) is 7.95. The third kappa shape index (κ3) is 9.01. The van der Waals surface area contributed by atoms with Crippen LogP contribution in [0.3, 0.4) is 0 Å². The van der Waals surface area contributed by atoms with E-state index in [1.807, 2.05) is 66.7 Å². The van der Waals surface area contributed by atoms with Crippen LogP contribution in [0.1, 0.15) is 56.1 Å². The first-order chi connectivity index (χ1) is 20.4. The molecule has 42 heavy (non-hydrogen) atoms. The smallest absolute Gasteiger partial charge is 0.332 e. The van der Waals surface area contributed by atoms with Crippen LogP contribution in [0, 0.1) is 11.8 Å². The highest BCUT2D eigenvalue weighted by atomic mass is 16.6. The van der Waals surface area contributed by atoms with Crippen LogP contribution >= 0.6 is 0 Å². The maximum absolute atomic E-state index is 13.4. The molecule has 2 aliphatic rings. The van der Waals surface area contributed by atoms with E-state index in [1.165, 1.54) is 0 Å². The molecule has 1 fully saturated rings. The number of hydrogen-bond donors (Lipinski definition) is 3. The van der Waals surface area contributed by atoms with Crippen molar-refractivity contribution in [1.82, 2.24) is 10.6 Å². The molecule has 0 bridgehead atoms. The molecule has 0 unspecified atom stereocenters. The molecule has 2 amide bonds. The van der Waals surface area contributed by atoms with Gasteiger partial charge in [-0.3, -0.25) is 14.4 Å². The molecular formula is C33H40N2O7. The molecule has 9 heteroatoms. The van der Waals surface area contributed by atoms with Gasteiger partial charge in [0.2, 0.25) is 11.8 Å². The number of cyclic esters (lactones) is 1. The number of rotatable bonds is 9. The molecule has 1 saturated carbocycles.